The van der Waals surface area contributed by atoms with E-state index in [-0.39, 0.29) is 5.91 Å². The molecule has 0 aliphatic rings. The Morgan fingerprint density at radius 2 is 2.06 bits per heavy atom. The van der Waals surface area contributed by atoms with E-state index in [1.165, 1.54) is 12.0 Å². The van der Waals surface area contributed by atoms with Gasteiger partial charge in [-0.05, 0) is 12.5 Å². The Labute approximate surface area is 96.3 Å². The van der Waals surface area contributed by atoms with Crippen LogP contribution in [0.2, 0.25) is 0 Å². The van der Waals surface area contributed by atoms with Gasteiger partial charge in [0.1, 0.15) is 6.61 Å². The van der Waals surface area contributed by atoms with Crippen LogP contribution in [-0.2, 0) is 16.2 Å². The van der Waals surface area contributed by atoms with Crippen molar-refractivity contribution in [3.05, 3.63) is 48.0 Å². The van der Waals surface area contributed by atoms with E-state index in [0.717, 1.165) is 5.56 Å². The van der Waals surface area contributed by atoms with Gasteiger partial charge in [-0.1, -0.05) is 42.5 Å². The highest BCUT2D eigenvalue weighted by atomic mass is 16.7. The van der Waals surface area contributed by atoms with Crippen LogP contribution in [0.5, 0.6) is 0 Å². The molecule has 0 bridgehead atoms. The zero-order chi connectivity index (χ0) is 11.8. The van der Waals surface area contributed by atoms with E-state index in [1.807, 2.05) is 49.4 Å². The fourth-order valence-electron chi connectivity index (χ4n) is 1.20. The molecule has 1 aromatic carbocycles. The van der Waals surface area contributed by atoms with Gasteiger partial charge in [0.2, 0.25) is 5.91 Å². The molecule has 0 fully saturated rings. The predicted octanol–water partition coefficient (Wildman–Crippen LogP) is 2.54. The van der Waals surface area contributed by atoms with Crippen molar-refractivity contribution >= 4 is 5.91 Å². The van der Waals surface area contributed by atoms with E-state index >= 15 is 0 Å². The van der Waals surface area contributed by atoms with Gasteiger partial charge in [0, 0.05) is 6.92 Å². The largest absolute Gasteiger partial charge is 0.273 e. The number of hydrogen-bond acceptors (Lipinski definition) is 2. The molecule has 3 heteroatoms. The van der Waals surface area contributed by atoms with Gasteiger partial charge in [-0.3, -0.25) is 9.63 Å². The zero-order valence-corrected chi connectivity index (χ0v) is 9.72. The van der Waals surface area contributed by atoms with E-state index in [2.05, 4.69) is 0 Å². The summed E-state index contributed by atoms with van der Waals surface area (Å²) < 4.78 is 0. The standard InChI is InChI=1S/C13H17NO2/c1-3-4-10-14(12(2)15)16-11-13-8-6-5-7-9-13/h3-9H,10-11H2,1-2H3/b4-3-. The van der Waals surface area contributed by atoms with Crippen LogP contribution in [0.15, 0.2) is 42.5 Å². The van der Waals surface area contributed by atoms with Crippen LogP contribution in [0.4, 0.5) is 0 Å². The normalized spacial score (nSPS) is 10.6. The lowest BCUT2D eigenvalue weighted by Crippen LogP contribution is -2.28. The van der Waals surface area contributed by atoms with Gasteiger partial charge in [0.05, 0.1) is 6.54 Å². The first-order valence-corrected chi connectivity index (χ1v) is 5.30. The summed E-state index contributed by atoms with van der Waals surface area (Å²) in [4.78, 5) is 16.7. The van der Waals surface area contributed by atoms with E-state index in [1.54, 1.807) is 0 Å². The zero-order valence-electron chi connectivity index (χ0n) is 9.72. The molecule has 0 saturated heterocycles. The van der Waals surface area contributed by atoms with Crippen molar-refractivity contribution < 1.29 is 9.63 Å². The van der Waals surface area contributed by atoms with Crippen molar-refractivity contribution in [1.82, 2.24) is 5.06 Å². The van der Waals surface area contributed by atoms with Gasteiger partial charge < -0.3 is 0 Å². The SMILES string of the molecule is C/C=C\CN(OCc1ccccc1)C(C)=O. The average Bonchev–Trinajstić information content (AvgIpc) is 2.30. The number of hydroxylamine groups is 2. The Balaban J connectivity index is 2.47. The number of hydrogen-bond donors (Lipinski definition) is 0. The van der Waals surface area contributed by atoms with Crippen molar-refractivity contribution in [2.75, 3.05) is 6.54 Å². The fraction of sp³-hybridized carbons (Fsp3) is 0.308. The summed E-state index contributed by atoms with van der Waals surface area (Å²) in [6.07, 6.45) is 3.77. The Kier molecular flexibility index (Phi) is 5.29. The Morgan fingerprint density at radius 1 is 1.38 bits per heavy atom. The molecule has 0 aromatic heterocycles. The van der Waals surface area contributed by atoms with Gasteiger partial charge in [-0.25, -0.2) is 5.06 Å². The monoisotopic (exact) mass is 219 g/mol. The molecular weight excluding hydrogens is 202 g/mol. The Bertz CT molecular complexity index is 346. The van der Waals surface area contributed by atoms with Crippen LogP contribution in [0.25, 0.3) is 0 Å². The first-order chi connectivity index (χ1) is 7.74. The Morgan fingerprint density at radius 3 is 2.62 bits per heavy atom. The highest BCUT2D eigenvalue weighted by molar-refractivity contribution is 5.72. The molecule has 0 unspecified atom stereocenters. The van der Waals surface area contributed by atoms with Crippen LogP contribution in [0.3, 0.4) is 0 Å². The number of amides is 1. The van der Waals surface area contributed by atoms with Crippen LogP contribution < -0.4 is 0 Å². The first-order valence-electron chi connectivity index (χ1n) is 5.30. The minimum Gasteiger partial charge on any atom is -0.273 e. The number of rotatable bonds is 5. The second kappa shape index (κ2) is 6.80. The number of carbonyl (C=O) groups is 1. The molecule has 1 aromatic rings. The Hall–Kier alpha value is -1.61. The van der Waals surface area contributed by atoms with Gasteiger partial charge in [-0.15, -0.1) is 0 Å². The van der Waals surface area contributed by atoms with Crippen LogP contribution >= 0.6 is 0 Å². The topological polar surface area (TPSA) is 29.5 Å². The average molecular weight is 219 g/mol. The molecule has 3 nitrogen and oxygen atoms in total. The summed E-state index contributed by atoms with van der Waals surface area (Å²) in [5.74, 6) is -0.0889. The van der Waals surface area contributed by atoms with E-state index in [9.17, 15) is 4.79 Å². The molecule has 0 saturated carbocycles. The number of allylic oxidation sites excluding steroid dienone is 1. The molecule has 86 valence electrons. The highest BCUT2D eigenvalue weighted by Gasteiger charge is 2.06. The summed E-state index contributed by atoms with van der Waals surface area (Å²) in [5.41, 5.74) is 1.05. The quantitative estimate of drug-likeness (QED) is 0.562. The summed E-state index contributed by atoms with van der Waals surface area (Å²) in [6, 6.07) is 9.78. The van der Waals surface area contributed by atoms with E-state index < -0.39 is 0 Å². The molecule has 0 radical (unpaired) electrons. The fourth-order valence-corrected chi connectivity index (χ4v) is 1.20. The molecule has 0 aliphatic heterocycles. The summed E-state index contributed by atoms with van der Waals surface area (Å²) >= 11 is 0. The highest BCUT2D eigenvalue weighted by Crippen LogP contribution is 2.03. The molecule has 16 heavy (non-hydrogen) atoms. The molecule has 0 spiro atoms. The van der Waals surface area contributed by atoms with Crippen molar-refractivity contribution in [3.63, 3.8) is 0 Å². The lowest BCUT2D eigenvalue weighted by atomic mass is 10.2. The van der Waals surface area contributed by atoms with Crippen LogP contribution in [-0.4, -0.2) is 17.5 Å². The molecule has 1 amide bonds. The molecule has 0 heterocycles. The maximum atomic E-state index is 11.2. The van der Waals surface area contributed by atoms with Gasteiger partial charge in [0.15, 0.2) is 0 Å². The predicted molar refractivity (Wildman–Crippen MR) is 63.4 cm³/mol. The molecular formula is C13H17NO2. The van der Waals surface area contributed by atoms with Crippen molar-refractivity contribution in [3.8, 4) is 0 Å². The van der Waals surface area contributed by atoms with Gasteiger partial charge in [-0.2, -0.15) is 0 Å². The first kappa shape index (κ1) is 12.5. The minimum atomic E-state index is -0.0889. The van der Waals surface area contributed by atoms with E-state index in [4.69, 9.17) is 4.84 Å². The number of nitrogens with zero attached hydrogens (tertiary/aromatic N) is 1. The maximum absolute atomic E-state index is 11.2. The van der Waals surface area contributed by atoms with Crippen LogP contribution in [0, 0.1) is 0 Å². The molecule has 0 N–H and O–H groups in total. The lowest BCUT2D eigenvalue weighted by Gasteiger charge is -2.18. The van der Waals surface area contributed by atoms with Crippen LogP contribution in [0.1, 0.15) is 19.4 Å². The molecule has 0 atom stereocenters. The summed E-state index contributed by atoms with van der Waals surface area (Å²) in [5, 5.41) is 1.35. The van der Waals surface area contributed by atoms with Crippen molar-refractivity contribution in [2.24, 2.45) is 0 Å². The number of carbonyl (C=O) groups excluding carboxylic acids is 1. The van der Waals surface area contributed by atoms with E-state index in [0.29, 0.717) is 13.2 Å². The third-order valence-electron chi connectivity index (χ3n) is 2.09. The lowest BCUT2D eigenvalue weighted by molar-refractivity contribution is -0.185. The maximum Gasteiger partial charge on any atom is 0.243 e. The molecule has 0 aliphatic carbocycles. The second-order valence-electron chi connectivity index (χ2n) is 3.41. The molecule has 1 rings (SSSR count). The van der Waals surface area contributed by atoms with Gasteiger partial charge >= 0.3 is 0 Å². The summed E-state index contributed by atoms with van der Waals surface area (Å²) in [7, 11) is 0. The van der Waals surface area contributed by atoms with Crippen molar-refractivity contribution in [1.29, 1.82) is 0 Å². The van der Waals surface area contributed by atoms with Gasteiger partial charge in [0.25, 0.3) is 0 Å². The number of benzene rings is 1. The summed E-state index contributed by atoms with van der Waals surface area (Å²) in [6.45, 7) is 4.31. The smallest absolute Gasteiger partial charge is 0.243 e. The minimum absolute atomic E-state index is 0.0889. The third-order valence-corrected chi connectivity index (χ3v) is 2.09. The second-order valence-corrected chi connectivity index (χ2v) is 3.41. The van der Waals surface area contributed by atoms with Crippen molar-refractivity contribution in [2.45, 2.75) is 20.5 Å². The third kappa shape index (κ3) is 4.28.